The van der Waals surface area contributed by atoms with Crippen LogP contribution in [0.4, 0.5) is 5.82 Å². The van der Waals surface area contributed by atoms with E-state index in [1.54, 1.807) is 25.4 Å². The number of carbonyl (C=O) groups is 1. The second-order valence-corrected chi connectivity index (χ2v) is 5.96. The quantitative estimate of drug-likeness (QED) is 0.719. The van der Waals surface area contributed by atoms with Crippen LogP contribution in [-0.4, -0.2) is 36.2 Å². The second kappa shape index (κ2) is 6.89. The van der Waals surface area contributed by atoms with Crippen molar-refractivity contribution in [2.24, 2.45) is 11.3 Å². The highest BCUT2D eigenvalue weighted by Gasteiger charge is 2.41. The van der Waals surface area contributed by atoms with E-state index in [-0.39, 0.29) is 17.9 Å². The van der Waals surface area contributed by atoms with Gasteiger partial charge in [0.25, 0.3) is 5.91 Å². The predicted molar refractivity (Wildman–Crippen MR) is 83.3 cm³/mol. The minimum atomic E-state index is -0.128. The molecule has 0 radical (unpaired) electrons. The first kappa shape index (κ1) is 15.8. The minimum Gasteiger partial charge on any atom is -0.396 e. The molecule has 0 aliphatic heterocycles. The molecule has 1 aliphatic rings. The molecule has 0 bridgehead atoms. The summed E-state index contributed by atoms with van der Waals surface area (Å²) in [5.41, 5.74) is 0.796. The zero-order valence-corrected chi connectivity index (χ0v) is 12.9. The number of carbonyl (C=O) groups excluding carboxylic acids is 1. The SMILES string of the molecule is CNC(=O)c1cccnc1NCC1(C(C)CCO)CCC1. The Hall–Kier alpha value is -1.62. The van der Waals surface area contributed by atoms with E-state index in [2.05, 4.69) is 22.5 Å². The molecule has 2 rings (SSSR count). The summed E-state index contributed by atoms with van der Waals surface area (Å²) in [6.07, 6.45) is 6.10. The first-order valence-electron chi connectivity index (χ1n) is 7.65. The molecule has 0 spiro atoms. The van der Waals surface area contributed by atoms with Crippen LogP contribution in [0.2, 0.25) is 0 Å². The molecule has 5 heteroatoms. The Morgan fingerprint density at radius 2 is 2.29 bits per heavy atom. The topological polar surface area (TPSA) is 74.2 Å². The van der Waals surface area contributed by atoms with Gasteiger partial charge in [0.05, 0.1) is 5.56 Å². The summed E-state index contributed by atoms with van der Waals surface area (Å²) in [5, 5.41) is 15.2. The fourth-order valence-electron chi connectivity index (χ4n) is 3.10. The molecule has 1 heterocycles. The number of aromatic nitrogens is 1. The lowest BCUT2D eigenvalue weighted by molar-refractivity contribution is 0.0572. The van der Waals surface area contributed by atoms with Gasteiger partial charge in [-0.3, -0.25) is 4.79 Å². The van der Waals surface area contributed by atoms with Crippen molar-refractivity contribution >= 4 is 11.7 Å². The number of pyridine rings is 1. The number of nitrogens with one attached hydrogen (secondary N) is 2. The third-order valence-corrected chi connectivity index (χ3v) is 4.84. The maximum absolute atomic E-state index is 11.9. The first-order chi connectivity index (χ1) is 10.1. The number of anilines is 1. The molecule has 1 aromatic heterocycles. The van der Waals surface area contributed by atoms with E-state index in [1.807, 2.05) is 0 Å². The molecule has 1 aliphatic carbocycles. The van der Waals surface area contributed by atoms with Gasteiger partial charge in [0.1, 0.15) is 5.82 Å². The van der Waals surface area contributed by atoms with Crippen LogP contribution < -0.4 is 10.6 Å². The smallest absolute Gasteiger partial charge is 0.254 e. The lowest BCUT2D eigenvalue weighted by atomic mass is 9.60. The van der Waals surface area contributed by atoms with Gasteiger partial charge in [0.2, 0.25) is 0 Å². The van der Waals surface area contributed by atoms with Crippen LogP contribution >= 0.6 is 0 Å². The van der Waals surface area contributed by atoms with Crippen LogP contribution in [0, 0.1) is 11.3 Å². The Morgan fingerprint density at radius 3 is 2.86 bits per heavy atom. The van der Waals surface area contributed by atoms with E-state index in [1.165, 1.54) is 19.3 Å². The highest BCUT2D eigenvalue weighted by Crippen LogP contribution is 2.48. The van der Waals surface area contributed by atoms with Crippen molar-refractivity contribution in [1.82, 2.24) is 10.3 Å². The monoisotopic (exact) mass is 291 g/mol. The Labute approximate surface area is 126 Å². The molecule has 1 saturated carbocycles. The third kappa shape index (κ3) is 3.35. The standard InChI is InChI=1S/C16H25N3O2/c1-12(6-10-20)16(7-4-8-16)11-19-14-13(15(21)17-2)5-3-9-18-14/h3,5,9,12,20H,4,6-8,10-11H2,1-2H3,(H,17,21)(H,18,19). The molecule has 0 saturated heterocycles. The summed E-state index contributed by atoms with van der Waals surface area (Å²) in [4.78, 5) is 16.1. The molecule has 0 aromatic carbocycles. The van der Waals surface area contributed by atoms with Gasteiger partial charge in [-0.25, -0.2) is 4.98 Å². The maximum atomic E-state index is 11.9. The number of hydrogen-bond donors (Lipinski definition) is 3. The van der Waals surface area contributed by atoms with Crippen LogP contribution in [0.3, 0.4) is 0 Å². The van der Waals surface area contributed by atoms with Crippen LogP contribution in [0.5, 0.6) is 0 Å². The van der Waals surface area contributed by atoms with E-state index in [9.17, 15) is 4.79 Å². The zero-order chi connectivity index (χ0) is 15.3. The summed E-state index contributed by atoms with van der Waals surface area (Å²) in [7, 11) is 1.62. The summed E-state index contributed by atoms with van der Waals surface area (Å²) in [5.74, 6) is 0.979. The number of hydrogen-bond acceptors (Lipinski definition) is 4. The van der Waals surface area contributed by atoms with Gasteiger partial charge in [-0.1, -0.05) is 13.3 Å². The molecule has 1 fully saturated rings. The van der Waals surface area contributed by atoms with Crippen LogP contribution in [0.1, 0.15) is 43.0 Å². The number of aliphatic hydroxyl groups is 1. The Bertz CT molecular complexity index is 486. The van der Waals surface area contributed by atoms with Gasteiger partial charge >= 0.3 is 0 Å². The van der Waals surface area contributed by atoms with Gasteiger partial charge in [-0.05, 0) is 42.7 Å². The van der Waals surface area contributed by atoms with Gasteiger partial charge in [0.15, 0.2) is 0 Å². The second-order valence-electron chi connectivity index (χ2n) is 5.96. The van der Waals surface area contributed by atoms with Crippen molar-refractivity contribution in [3.8, 4) is 0 Å². The molecular formula is C16H25N3O2. The third-order valence-electron chi connectivity index (χ3n) is 4.84. The van der Waals surface area contributed by atoms with E-state index in [0.29, 0.717) is 17.3 Å². The molecule has 1 aromatic rings. The van der Waals surface area contributed by atoms with Crippen molar-refractivity contribution < 1.29 is 9.90 Å². The maximum Gasteiger partial charge on any atom is 0.254 e. The van der Waals surface area contributed by atoms with Crippen molar-refractivity contribution in [2.45, 2.75) is 32.6 Å². The fourth-order valence-corrected chi connectivity index (χ4v) is 3.10. The van der Waals surface area contributed by atoms with Crippen LogP contribution in [-0.2, 0) is 0 Å². The number of nitrogens with zero attached hydrogens (tertiary/aromatic N) is 1. The normalized spacial score (nSPS) is 17.7. The summed E-state index contributed by atoms with van der Waals surface area (Å²) < 4.78 is 0. The lowest BCUT2D eigenvalue weighted by Gasteiger charge is -2.47. The summed E-state index contributed by atoms with van der Waals surface area (Å²) in [6.45, 7) is 3.24. The van der Waals surface area contributed by atoms with Crippen molar-refractivity contribution in [3.63, 3.8) is 0 Å². The van der Waals surface area contributed by atoms with Crippen LogP contribution in [0.15, 0.2) is 18.3 Å². The molecule has 5 nitrogen and oxygen atoms in total. The Kier molecular flexibility index (Phi) is 5.17. The zero-order valence-electron chi connectivity index (χ0n) is 12.9. The predicted octanol–water partition coefficient (Wildman–Crippen LogP) is 2.04. The van der Waals surface area contributed by atoms with Crippen molar-refractivity contribution in [2.75, 3.05) is 25.5 Å². The number of rotatable bonds is 7. The number of aliphatic hydroxyl groups excluding tert-OH is 1. The Morgan fingerprint density at radius 1 is 1.52 bits per heavy atom. The molecule has 1 atom stereocenters. The molecule has 116 valence electrons. The van der Waals surface area contributed by atoms with Crippen LogP contribution in [0.25, 0.3) is 0 Å². The fraction of sp³-hybridized carbons (Fsp3) is 0.625. The average molecular weight is 291 g/mol. The summed E-state index contributed by atoms with van der Waals surface area (Å²) >= 11 is 0. The van der Waals surface area contributed by atoms with Gasteiger partial charge in [0, 0.05) is 26.4 Å². The average Bonchev–Trinajstić information content (AvgIpc) is 2.46. The highest BCUT2D eigenvalue weighted by molar-refractivity contribution is 5.98. The minimum absolute atomic E-state index is 0.128. The Balaban J connectivity index is 2.07. The molecule has 3 N–H and O–H groups in total. The molecular weight excluding hydrogens is 266 g/mol. The van der Waals surface area contributed by atoms with E-state index >= 15 is 0 Å². The number of amides is 1. The molecule has 21 heavy (non-hydrogen) atoms. The molecule has 1 amide bonds. The van der Waals surface area contributed by atoms with Crippen molar-refractivity contribution in [3.05, 3.63) is 23.9 Å². The van der Waals surface area contributed by atoms with Gasteiger partial charge in [-0.15, -0.1) is 0 Å². The highest BCUT2D eigenvalue weighted by atomic mass is 16.3. The van der Waals surface area contributed by atoms with Gasteiger partial charge in [-0.2, -0.15) is 0 Å². The molecule has 1 unspecified atom stereocenters. The van der Waals surface area contributed by atoms with E-state index in [0.717, 1.165) is 13.0 Å². The first-order valence-corrected chi connectivity index (χ1v) is 7.65. The van der Waals surface area contributed by atoms with E-state index in [4.69, 9.17) is 5.11 Å². The lowest BCUT2D eigenvalue weighted by Crippen LogP contribution is -2.42. The largest absolute Gasteiger partial charge is 0.396 e. The van der Waals surface area contributed by atoms with E-state index < -0.39 is 0 Å². The van der Waals surface area contributed by atoms with Crippen molar-refractivity contribution in [1.29, 1.82) is 0 Å². The van der Waals surface area contributed by atoms with Gasteiger partial charge < -0.3 is 15.7 Å². The summed E-state index contributed by atoms with van der Waals surface area (Å²) in [6, 6.07) is 3.54.